The van der Waals surface area contributed by atoms with E-state index in [1.54, 1.807) is 56.8 Å². The van der Waals surface area contributed by atoms with Gasteiger partial charge in [-0.1, -0.05) is 0 Å². The van der Waals surface area contributed by atoms with E-state index in [1.165, 1.54) is 4.90 Å². The predicted molar refractivity (Wildman–Crippen MR) is 223 cm³/mol. The average molecular weight is 837 g/mol. The second-order valence-corrected chi connectivity index (χ2v) is 17.0. The highest BCUT2D eigenvalue weighted by Crippen LogP contribution is 2.44. The van der Waals surface area contributed by atoms with E-state index < -0.39 is 11.9 Å². The van der Waals surface area contributed by atoms with Gasteiger partial charge in [-0.2, -0.15) is 0 Å². The van der Waals surface area contributed by atoms with Crippen LogP contribution in [0.25, 0.3) is 11.1 Å². The minimum atomic E-state index is -0.515. The molecule has 3 aromatic rings. The standard InChI is InChI=1S/C44H52N8O9/c1-26(6-9-38(54)46-25-53)52-41(57)31-8-7-29(16-32(31)42(52)58)50-13-11-44(22-50)23-51(24-44)39(55)28-17-48(18-28)20-35-36(60-4)14-27(15-37(35)61-5)33-19-47(3)40(56)34-21-49(43(59)45-2)12-10-30(33)34/h7-8,14-16,19,25-26,28H,6,9-13,17-18,20-24H2,1-5H3,(H,45,59)(H,46,53,54). The van der Waals surface area contributed by atoms with Gasteiger partial charge < -0.3 is 34.1 Å². The van der Waals surface area contributed by atoms with Crippen LogP contribution in [0.1, 0.15) is 63.6 Å². The minimum absolute atomic E-state index is 0.0133. The Bertz CT molecular complexity index is 2360. The molecule has 5 aliphatic rings. The third kappa shape index (κ3) is 7.48. The SMILES string of the molecule is CNC(=O)N1CCc2c(-c3cc(OC)c(CN4CC(C(=O)N5CC6(CCN(c7ccc8c(c7)C(=O)N(C(C)CCC(=O)NC=O)C8=O)C6)C5)C4)c(OC)c3)cn(C)c(=O)c2C1. The van der Waals surface area contributed by atoms with Gasteiger partial charge in [0.25, 0.3) is 17.4 Å². The fraction of sp³-hybridized carbons (Fsp3) is 0.477. The Morgan fingerprint density at radius 1 is 0.918 bits per heavy atom. The third-order valence-corrected chi connectivity index (χ3v) is 13.2. The van der Waals surface area contributed by atoms with E-state index in [9.17, 15) is 33.6 Å². The zero-order valence-corrected chi connectivity index (χ0v) is 35.2. The number of amides is 7. The van der Waals surface area contributed by atoms with Crippen LogP contribution in [-0.2, 0) is 40.9 Å². The lowest BCUT2D eigenvalue weighted by molar-refractivity contribution is -0.152. The van der Waals surface area contributed by atoms with Gasteiger partial charge in [0.15, 0.2) is 0 Å². The third-order valence-electron chi connectivity index (χ3n) is 13.2. The van der Waals surface area contributed by atoms with Crippen LogP contribution in [0.5, 0.6) is 11.5 Å². The largest absolute Gasteiger partial charge is 0.496 e. The van der Waals surface area contributed by atoms with E-state index in [-0.39, 0.29) is 60.0 Å². The lowest BCUT2D eigenvalue weighted by atomic mass is 9.78. The molecule has 1 unspecified atom stereocenters. The number of fused-ring (bicyclic) bond motifs is 2. The van der Waals surface area contributed by atoms with E-state index in [4.69, 9.17) is 9.47 Å². The summed E-state index contributed by atoms with van der Waals surface area (Å²) < 4.78 is 13.4. The van der Waals surface area contributed by atoms with Crippen LogP contribution < -0.4 is 30.6 Å². The summed E-state index contributed by atoms with van der Waals surface area (Å²) in [5, 5.41) is 4.73. The van der Waals surface area contributed by atoms with Crippen LogP contribution in [0.4, 0.5) is 10.5 Å². The number of carbonyl (C=O) groups is 6. The lowest BCUT2D eigenvalue weighted by Gasteiger charge is -2.51. The second kappa shape index (κ2) is 16.3. The number of methoxy groups -OCH3 is 2. The highest BCUT2D eigenvalue weighted by molar-refractivity contribution is 6.22. The molecule has 322 valence electrons. The zero-order valence-electron chi connectivity index (χ0n) is 35.2. The molecule has 3 saturated heterocycles. The van der Waals surface area contributed by atoms with Crippen molar-refractivity contribution in [2.45, 2.75) is 51.7 Å². The summed E-state index contributed by atoms with van der Waals surface area (Å²) in [5.74, 6) is 0.102. The van der Waals surface area contributed by atoms with Crippen LogP contribution in [0, 0.1) is 11.3 Å². The molecule has 1 aromatic heterocycles. The zero-order chi connectivity index (χ0) is 43.3. The Morgan fingerprint density at radius 3 is 2.30 bits per heavy atom. The molecule has 5 aliphatic heterocycles. The van der Waals surface area contributed by atoms with Crippen molar-refractivity contribution in [1.29, 1.82) is 0 Å². The van der Waals surface area contributed by atoms with E-state index in [0.717, 1.165) is 47.5 Å². The van der Waals surface area contributed by atoms with Gasteiger partial charge >= 0.3 is 6.03 Å². The molecule has 0 radical (unpaired) electrons. The van der Waals surface area contributed by atoms with Crippen LogP contribution in [0.2, 0.25) is 0 Å². The van der Waals surface area contributed by atoms with Crippen molar-refractivity contribution < 1.29 is 38.2 Å². The number of likely N-dealkylation sites (tertiary alicyclic amines) is 2. The van der Waals surface area contributed by atoms with Crippen LogP contribution >= 0.6 is 0 Å². The number of nitrogens with one attached hydrogen (secondary N) is 2. The minimum Gasteiger partial charge on any atom is -0.496 e. The molecule has 6 heterocycles. The van der Waals surface area contributed by atoms with Crippen LogP contribution in [0.15, 0.2) is 41.3 Å². The maximum Gasteiger partial charge on any atom is 0.317 e. The van der Waals surface area contributed by atoms with Gasteiger partial charge in [0.2, 0.25) is 18.2 Å². The fourth-order valence-corrected chi connectivity index (χ4v) is 9.80. The smallest absolute Gasteiger partial charge is 0.317 e. The number of benzene rings is 2. The number of urea groups is 1. The van der Waals surface area contributed by atoms with E-state index >= 15 is 0 Å². The molecule has 7 amide bonds. The Kier molecular flexibility index (Phi) is 11.1. The number of imide groups is 2. The number of rotatable bonds is 12. The molecule has 61 heavy (non-hydrogen) atoms. The highest BCUT2D eigenvalue weighted by atomic mass is 16.5. The number of anilines is 1. The van der Waals surface area contributed by atoms with Crippen molar-refractivity contribution >= 4 is 41.8 Å². The summed E-state index contributed by atoms with van der Waals surface area (Å²) in [6.07, 6.45) is 3.85. The van der Waals surface area contributed by atoms with E-state index in [0.29, 0.717) is 80.3 Å². The Morgan fingerprint density at radius 2 is 1.62 bits per heavy atom. The molecule has 3 fully saturated rings. The summed E-state index contributed by atoms with van der Waals surface area (Å²) in [5.41, 5.74) is 5.50. The van der Waals surface area contributed by atoms with E-state index in [1.807, 2.05) is 29.3 Å². The van der Waals surface area contributed by atoms with Gasteiger partial charge in [-0.25, -0.2) is 4.79 Å². The van der Waals surface area contributed by atoms with Crippen molar-refractivity contribution in [2.24, 2.45) is 18.4 Å². The number of pyridine rings is 1. The molecule has 2 aromatic carbocycles. The fourth-order valence-electron chi connectivity index (χ4n) is 9.80. The maximum absolute atomic E-state index is 13.7. The predicted octanol–water partition coefficient (Wildman–Crippen LogP) is 1.98. The number of nitrogens with zero attached hydrogens (tertiary/aromatic N) is 6. The van der Waals surface area contributed by atoms with Crippen molar-refractivity contribution in [3.63, 3.8) is 0 Å². The van der Waals surface area contributed by atoms with Gasteiger partial charge in [0.1, 0.15) is 11.5 Å². The Labute approximate surface area is 353 Å². The number of aromatic nitrogens is 1. The van der Waals surface area contributed by atoms with E-state index in [2.05, 4.69) is 20.4 Å². The summed E-state index contributed by atoms with van der Waals surface area (Å²) in [7, 11) is 6.54. The maximum atomic E-state index is 13.7. The molecule has 0 aliphatic carbocycles. The van der Waals surface area contributed by atoms with Crippen LogP contribution in [0.3, 0.4) is 0 Å². The first-order valence-corrected chi connectivity index (χ1v) is 20.7. The normalized spacial score (nSPS) is 18.6. The lowest BCUT2D eigenvalue weighted by Crippen LogP contribution is -2.64. The van der Waals surface area contributed by atoms with Crippen molar-refractivity contribution in [3.8, 4) is 22.6 Å². The van der Waals surface area contributed by atoms with Gasteiger partial charge in [-0.3, -0.25) is 43.9 Å². The molecule has 0 bridgehead atoms. The Hall–Kier alpha value is -6.23. The molecular formula is C44H52N8O9. The first-order valence-electron chi connectivity index (χ1n) is 20.7. The summed E-state index contributed by atoms with van der Waals surface area (Å²) >= 11 is 0. The average Bonchev–Trinajstić information content (AvgIpc) is 3.80. The Balaban J connectivity index is 0.867. The molecular weight excluding hydrogens is 785 g/mol. The molecule has 17 nitrogen and oxygen atoms in total. The molecule has 0 saturated carbocycles. The second-order valence-electron chi connectivity index (χ2n) is 17.0. The highest BCUT2D eigenvalue weighted by Gasteiger charge is 2.51. The topological polar surface area (TPSA) is 183 Å². The summed E-state index contributed by atoms with van der Waals surface area (Å²) in [6, 6.07) is 8.55. The van der Waals surface area contributed by atoms with Crippen molar-refractivity contribution in [1.82, 2.24) is 34.8 Å². The quantitative estimate of drug-likeness (QED) is 0.201. The van der Waals surface area contributed by atoms with Gasteiger partial charge in [-0.05, 0) is 67.6 Å². The van der Waals surface area contributed by atoms with Crippen molar-refractivity contribution in [3.05, 3.63) is 74.7 Å². The molecule has 1 atom stereocenters. The molecule has 8 rings (SSSR count). The first-order chi connectivity index (χ1) is 29.3. The summed E-state index contributed by atoms with van der Waals surface area (Å²) in [6.45, 7) is 7.06. The van der Waals surface area contributed by atoms with Crippen LogP contribution in [-0.4, -0.2) is 133 Å². The van der Waals surface area contributed by atoms with Gasteiger partial charge in [0, 0.05) is 107 Å². The monoisotopic (exact) mass is 836 g/mol. The summed E-state index contributed by atoms with van der Waals surface area (Å²) in [4.78, 5) is 97.4. The van der Waals surface area contributed by atoms with Crippen molar-refractivity contribution in [2.75, 3.05) is 72.0 Å². The number of hydrogen-bond acceptors (Lipinski definition) is 11. The molecule has 2 N–H and O–H groups in total. The number of carbonyl (C=O) groups excluding carboxylic acids is 6. The first kappa shape index (κ1) is 41.5. The number of aryl methyl sites for hydroxylation is 1. The molecule has 1 spiro atoms. The van der Waals surface area contributed by atoms with Gasteiger partial charge in [0.05, 0.1) is 43.4 Å². The number of hydrogen-bond donors (Lipinski definition) is 2. The molecule has 17 heteroatoms. The number of ether oxygens (including phenoxy) is 2. The van der Waals surface area contributed by atoms with Gasteiger partial charge in [-0.15, -0.1) is 0 Å².